The number of hydrogen-bond donors (Lipinski definition) is 2. The van der Waals surface area contributed by atoms with Crippen LogP contribution in [0.1, 0.15) is 17.4 Å². The van der Waals surface area contributed by atoms with Gasteiger partial charge >= 0.3 is 0 Å². The highest BCUT2D eigenvalue weighted by molar-refractivity contribution is 7.19. The maximum absolute atomic E-state index is 13.5. The molecule has 3 aromatic heterocycles. The number of hydrogen-bond acceptors (Lipinski definition) is 7. The number of halogens is 1. The molecule has 1 aliphatic rings. The van der Waals surface area contributed by atoms with E-state index in [4.69, 9.17) is 15.7 Å². The Morgan fingerprint density at radius 2 is 2.27 bits per heavy atom. The van der Waals surface area contributed by atoms with E-state index in [9.17, 15) is 4.39 Å². The van der Waals surface area contributed by atoms with E-state index in [0.29, 0.717) is 24.5 Å². The summed E-state index contributed by atoms with van der Waals surface area (Å²) in [6.07, 6.45) is 2.43. The first-order valence-corrected chi connectivity index (χ1v) is 9.61. The van der Waals surface area contributed by atoms with Crippen molar-refractivity contribution in [3.05, 3.63) is 34.7 Å². The highest BCUT2D eigenvalue weighted by Gasteiger charge is 2.24. The molecule has 3 N–H and O–H groups in total. The van der Waals surface area contributed by atoms with Gasteiger partial charge in [-0.05, 0) is 24.6 Å². The van der Waals surface area contributed by atoms with E-state index in [0.717, 1.165) is 42.1 Å². The number of pyridine rings is 1. The van der Waals surface area contributed by atoms with Gasteiger partial charge < -0.3 is 11.1 Å². The molecule has 3 aromatic rings. The predicted molar refractivity (Wildman–Crippen MR) is 103 cm³/mol. The van der Waals surface area contributed by atoms with E-state index in [-0.39, 0.29) is 0 Å². The highest BCUT2D eigenvalue weighted by atomic mass is 32.1. The smallest absolute Gasteiger partial charge is 0.213 e. The molecule has 26 heavy (non-hydrogen) atoms. The molecule has 6 nitrogen and oxygen atoms in total. The van der Waals surface area contributed by atoms with Crippen molar-refractivity contribution in [3.8, 4) is 11.4 Å². The zero-order valence-corrected chi connectivity index (χ0v) is 15.4. The highest BCUT2D eigenvalue weighted by Crippen LogP contribution is 2.38. The lowest BCUT2D eigenvalue weighted by atomic mass is 10.0. The van der Waals surface area contributed by atoms with Crippen molar-refractivity contribution >= 4 is 27.4 Å². The minimum atomic E-state index is -0.535. The van der Waals surface area contributed by atoms with Crippen LogP contribution in [0, 0.1) is 5.95 Å². The van der Waals surface area contributed by atoms with Gasteiger partial charge in [0.15, 0.2) is 5.82 Å². The van der Waals surface area contributed by atoms with Crippen molar-refractivity contribution in [2.45, 2.75) is 19.9 Å². The third kappa shape index (κ3) is 3.15. The quantitative estimate of drug-likeness (QED) is 0.670. The van der Waals surface area contributed by atoms with Crippen LogP contribution in [-0.4, -0.2) is 46.0 Å². The fourth-order valence-electron chi connectivity index (χ4n) is 3.31. The summed E-state index contributed by atoms with van der Waals surface area (Å²) in [6, 6.07) is 3.09. The lowest BCUT2D eigenvalue weighted by Gasteiger charge is -2.25. The number of thiophene rings is 1. The van der Waals surface area contributed by atoms with Crippen LogP contribution in [0.25, 0.3) is 21.6 Å². The molecule has 0 aliphatic carbocycles. The summed E-state index contributed by atoms with van der Waals surface area (Å²) in [5.74, 6) is 0.756. The van der Waals surface area contributed by atoms with Gasteiger partial charge in [0.1, 0.15) is 10.6 Å². The van der Waals surface area contributed by atoms with Crippen LogP contribution >= 0.6 is 11.3 Å². The second-order valence-electron chi connectivity index (χ2n) is 6.28. The molecule has 0 saturated heterocycles. The minimum Gasteiger partial charge on any atom is -0.368 e. The first-order valence-electron chi connectivity index (χ1n) is 8.80. The maximum Gasteiger partial charge on any atom is 0.213 e. The molecular weight excluding hydrogens is 351 g/mol. The second kappa shape index (κ2) is 7.22. The van der Waals surface area contributed by atoms with Crippen molar-refractivity contribution in [2.75, 3.05) is 31.5 Å². The predicted octanol–water partition coefficient (Wildman–Crippen LogP) is 2.64. The van der Waals surface area contributed by atoms with E-state index in [1.165, 1.54) is 22.7 Å². The number of nitrogens with one attached hydrogen (secondary N) is 1. The topological polar surface area (TPSA) is 80.0 Å². The van der Waals surface area contributed by atoms with Crippen molar-refractivity contribution in [2.24, 2.45) is 5.73 Å². The molecule has 0 bridgehead atoms. The number of fused-ring (bicyclic) bond motifs is 3. The number of aromatic nitrogens is 3. The van der Waals surface area contributed by atoms with Gasteiger partial charge in [-0.15, -0.1) is 11.3 Å². The number of anilines is 1. The fraction of sp³-hybridized carbons (Fsp3) is 0.389. The standard InChI is InChI=1S/C18H21FN6S/c1-2-25-8-4-12-13(10-25)26-18-15(12)17(22-7-5-20)23-16(24-18)11-3-6-21-14(19)9-11/h3,6,9H,2,4-5,7-8,10,20H2,1H3,(H,22,23,24). The molecular formula is C18H21FN6S. The van der Waals surface area contributed by atoms with Crippen LogP contribution in [0.3, 0.4) is 0 Å². The summed E-state index contributed by atoms with van der Waals surface area (Å²) in [4.78, 5) is 17.7. The first kappa shape index (κ1) is 17.3. The zero-order chi connectivity index (χ0) is 18.1. The number of nitrogens with two attached hydrogens (primary N) is 1. The van der Waals surface area contributed by atoms with Gasteiger partial charge in [0.2, 0.25) is 5.95 Å². The molecule has 0 atom stereocenters. The van der Waals surface area contributed by atoms with Gasteiger partial charge in [-0.1, -0.05) is 6.92 Å². The molecule has 0 spiro atoms. The molecule has 4 heterocycles. The largest absolute Gasteiger partial charge is 0.368 e. The molecule has 0 amide bonds. The lowest BCUT2D eigenvalue weighted by molar-refractivity contribution is 0.272. The number of nitrogens with zero attached hydrogens (tertiary/aromatic N) is 4. The summed E-state index contributed by atoms with van der Waals surface area (Å²) < 4.78 is 13.5. The van der Waals surface area contributed by atoms with Crippen LogP contribution in [0.4, 0.5) is 10.2 Å². The molecule has 0 saturated carbocycles. The maximum atomic E-state index is 13.5. The Bertz CT molecular complexity index is 941. The van der Waals surface area contributed by atoms with Crippen LogP contribution in [-0.2, 0) is 13.0 Å². The van der Waals surface area contributed by atoms with Gasteiger partial charge in [0.25, 0.3) is 0 Å². The van der Waals surface area contributed by atoms with Crippen molar-refractivity contribution in [1.29, 1.82) is 0 Å². The summed E-state index contributed by atoms with van der Waals surface area (Å²) in [5.41, 5.74) is 7.63. The molecule has 0 fully saturated rings. The lowest BCUT2D eigenvalue weighted by Crippen LogP contribution is -2.29. The van der Waals surface area contributed by atoms with Crippen LogP contribution < -0.4 is 11.1 Å². The zero-order valence-electron chi connectivity index (χ0n) is 14.6. The molecule has 1 aliphatic heterocycles. The Hall–Kier alpha value is -2.16. The van der Waals surface area contributed by atoms with Crippen molar-refractivity contribution in [3.63, 3.8) is 0 Å². The monoisotopic (exact) mass is 372 g/mol. The van der Waals surface area contributed by atoms with Gasteiger partial charge in [-0.2, -0.15) is 4.39 Å². The number of rotatable bonds is 5. The van der Waals surface area contributed by atoms with Gasteiger partial charge in [0, 0.05) is 48.9 Å². The van der Waals surface area contributed by atoms with Crippen molar-refractivity contribution in [1.82, 2.24) is 19.9 Å². The van der Waals surface area contributed by atoms with E-state index in [2.05, 4.69) is 22.1 Å². The Morgan fingerprint density at radius 1 is 1.38 bits per heavy atom. The summed E-state index contributed by atoms with van der Waals surface area (Å²) >= 11 is 1.71. The fourth-order valence-corrected chi connectivity index (χ4v) is 4.57. The number of likely N-dealkylation sites (N-methyl/N-ethyl adjacent to an activating group) is 1. The summed E-state index contributed by atoms with van der Waals surface area (Å²) in [5, 5.41) is 4.42. The molecule has 4 rings (SSSR count). The summed E-state index contributed by atoms with van der Waals surface area (Å²) in [7, 11) is 0. The third-order valence-corrected chi connectivity index (χ3v) is 5.76. The molecule has 0 unspecified atom stereocenters. The summed E-state index contributed by atoms with van der Waals surface area (Å²) in [6.45, 7) is 6.36. The van der Waals surface area contributed by atoms with E-state index in [1.54, 1.807) is 17.4 Å². The average molecular weight is 372 g/mol. The van der Waals surface area contributed by atoms with Crippen molar-refractivity contribution < 1.29 is 4.39 Å². The van der Waals surface area contributed by atoms with Gasteiger partial charge in [-0.25, -0.2) is 15.0 Å². The van der Waals surface area contributed by atoms with Gasteiger partial charge in [-0.3, -0.25) is 4.90 Å². The van der Waals surface area contributed by atoms with Crippen LogP contribution in [0.15, 0.2) is 18.3 Å². The second-order valence-corrected chi connectivity index (χ2v) is 7.36. The average Bonchev–Trinajstić information content (AvgIpc) is 3.03. The third-order valence-electron chi connectivity index (χ3n) is 4.65. The SMILES string of the molecule is CCN1CCc2c(sc3nc(-c4ccnc(F)c4)nc(NCCN)c23)C1. The Balaban J connectivity index is 1.86. The minimum absolute atomic E-state index is 0.504. The normalized spacial score (nSPS) is 14.6. The van der Waals surface area contributed by atoms with E-state index < -0.39 is 5.95 Å². The Labute approximate surface area is 155 Å². The van der Waals surface area contributed by atoms with Crippen LogP contribution in [0.2, 0.25) is 0 Å². The molecule has 0 aromatic carbocycles. The van der Waals surface area contributed by atoms with Crippen LogP contribution in [0.5, 0.6) is 0 Å². The molecule has 136 valence electrons. The first-order chi connectivity index (χ1) is 12.7. The van der Waals surface area contributed by atoms with Gasteiger partial charge in [0.05, 0.1) is 5.39 Å². The van der Waals surface area contributed by atoms with E-state index in [1.807, 2.05) is 0 Å². The molecule has 0 radical (unpaired) electrons. The van der Waals surface area contributed by atoms with E-state index >= 15 is 0 Å². The Morgan fingerprint density at radius 3 is 3.04 bits per heavy atom. The molecule has 8 heteroatoms. The Kier molecular flexibility index (Phi) is 4.80.